The second-order valence-electron chi connectivity index (χ2n) is 5.14. The van der Waals surface area contributed by atoms with Crippen LogP contribution in [0.1, 0.15) is 18.1 Å². The fraction of sp³-hybridized carbons (Fsp3) is 0.222. The summed E-state index contributed by atoms with van der Waals surface area (Å²) in [5.41, 5.74) is 1.90. The molecule has 0 aliphatic heterocycles. The molecule has 0 saturated carbocycles. The molecule has 5 heteroatoms. The molecule has 1 aromatic heterocycles. The van der Waals surface area contributed by atoms with Gasteiger partial charge in [0.1, 0.15) is 12.4 Å². The lowest BCUT2D eigenvalue weighted by Gasteiger charge is -2.08. The average Bonchev–Trinajstić information content (AvgIpc) is 2.60. The van der Waals surface area contributed by atoms with Gasteiger partial charge in [-0.1, -0.05) is 18.2 Å². The van der Waals surface area contributed by atoms with Crippen LogP contribution in [0.25, 0.3) is 6.08 Å². The summed E-state index contributed by atoms with van der Waals surface area (Å²) in [5, 5.41) is 11.5. The number of ether oxygens (including phenoxy) is 1. The zero-order chi connectivity index (χ0) is 16.5. The van der Waals surface area contributed by atoms with Crippen LogP contribution in [0, 0.1) is 0 Å². The van der Waals surface area contributed by atoms with Crippen LogP contribution >= 0.6 is 0 Å². The summed E-state index contributed by atoms with van der Waals surface area (Å²) in [5.74, 6) is 0.521. The lowest BCUT2D eigenvalue weighted by molar-refractivity contribution is -0.117. The molecule has 0 spiro atoms. The van der Waals surface area contributed by atoms with Gasteiger partial charge in [0, 0.05) is 30.1 Å². The summed E-state index contributed by atoms with van der Waals surface area (Å²) in [6.45, 7) is 2.12. The molecule has 2 aromatic rings. The van der Waals surface area contributed by atoms with Gasteiger partial charge in [0.15, 0.2) is 0 Å². The van der Waals surface area contributed by atoms with Crippen molar-refractivity contribution >= 4 is 12.0 Å². The monoisotopic (exact) mass is 312 g/mol. The Morgan fingerprint density at radius 2 is 2.13 bits per heavy atom. The number of nitrogens with zero attached hydrogens (tertiary/aromatic N) is 1. The minimum absolute atomic E-state index is 0.0808. The Balaban J connectivity index is 1.85. The van der Waals surface area contributed by atoms with E-state index >= 15 is 0 Å². The Morgan fingerprint density at radius 1 is 1.35 bits per heavy atom. The lowest BCUT2D eigenvalue weighted by atomic mass is 10.2. The summed E-state index contributed by atoms with van der Waals surface area (Å²) in [4.78, 5) is 15.6. The van der Waals surface area contributed by atoms with E-state index in [1.54, 1.807) is 25.4 Å². The molecule has 0 aliphatic carbocycles. The van der Waals surface area contributed by atoms with E-state index in [9.17, 15) is 4.79 Å². The highest BCUT2D eigenvalue weighted by Crippen LogP contribution is 2.14. The van der Waals surface area contributed by atoms with Crippen LogP contribution in [0.5, 0.6) is 5.75 Å². The van der Waals surface area contributed by atoms with Crippen molar-refractivity contribution in [1.82, 2.24) is 10.3 Å². The van der Waals surface area contributed by atoms with Crippen molar-refractivity contribution in [2.75, 3.05) is 6.61 Å². The van der Waals surface area contributed by atoms with Gasteiger partial charge in [0.2, 0.25) is 5.91 Å². The molecule has 0 saturated heterocycles. The third-order valence-electron chi connectivity index (χ3n) is 3.10. The number of benzene rings is 1. The average molecular weight is 312 g/mol. The molecule has 0 bridgehead atoms. The lowest BCUT2D eigenvalue weighted by Crippen LogP contribution is -2.33. The Kier molecular flexibility index (Phi) is 6.32. The Morgan fingerprint density at radius 3 is 2.78 bits per heavy atom. The van der Waals surface area contributed by atoms with Crippen LogP contribution in [0.3, 0.4) is 0 Å². The third-order valence-corrected chi connectivity index (χ3v) is 3.10. The number of rotatable bonds is 7. The van der Waals surface area contributed by atoms with Crippen molar-refractivity contribution in [2.45, 2.75) is 19.6 Å². The first-order valence-electron chi connectivity index (χ1n) is 7.38. The molecule has 0 aliphatic rings. The zero-order valence-corrected chi connectivity index (χ0v) is 13.0. The smallest absolute Gasteiger partial charge is 0.244 e. The van der Waals surface area contributed by atoms with E-state index < -0.39 is 0 Å². The number of amides is 1. The van der Waals surface area contributed by atoms with Crippen molar-refractivity contribution in [3.05, 3.63) is 66.0 Å². The van der Waals surface area contributed by atoms with E-state index in [4.69, 9.17) is 9.84 Å². The van der Waals surface area contributed by atoms with Crippen LogP contribution in [0.2, 0.25) is 0 Å². The van der Waals surface area contributed by atoms with E-state index in [0.717, 1.165) is 16.9 Å². The van der Waals surface area contributed by atoms with Gasteiger partial charge in [0.25, 0.3) is 0 Å². The molecule has 120 valence electrons. The number of hydrogen-bond donors (Lipinski definition) is 2. The summed E-state index contributed by atoms with van der Waals surface area (Å²) < 4.78 is 5.67. The van der Waals surface area contributed by atoms with Gasteiger partial charge in [-0.15, -0.1) is 0 Å². The van der Waals surface area contributed by atoms with Crippen molar-refractivity contribution in [3.63, 3.8) is 0 Å². The van der Waals surface area contributed by atoms with E-state index in [0.29, 0.717) is 6.61 Å². The maximum absolute atomic E-state index is 11.6. The highest BCUT2D eigenvalue weighted by molar-refractivity contribution is 5.91. The molecule has 0 fully saturated rings. The largest absolute Gasteiger partial charge is 0.489 e. The maximum Gasteiger partial charge on any atom is 0.244 e. The number of aliphatic hydroxyl groups is 1. The number of carbonyl (C=O) groups excluding carboxylic acids is 1. The van der Waals surface area contributed by atoms with Gasteiger partial charge in [-0.25, -0.2) is 0 Å². The van der Waals surface area contributed by atoms with Crippen LogP contribution in [-0.4, -0.2) is 28.6 Å². The van der Waals surface area contributed by atoms with Crippen LogP contribution < -0.4 is 10.1 Å². The fourth-order valence-electron chi connectivity index (χ4n) is 1.83. The summed E-state index contributed by atoms with van der Waals surface area (Å²) in [6.07, 6.45) is 6.65. The van der Waals surface area contributed by atoms with Gasteiger partial charge < -0.3 is 15.2 Å². The molecule has 23 heavy (non-hydrogen) atoms. The van der Waals surface area contributed by atoms with Gasteiger partial charge in [-0.3, -0.25) is 9.78 Å². The maximum atomic E-state index is 11.6. The van der Waals surface area contributed by atoms with Crippen molar-refractivity contribution < 1.29 is 14.6 Å². The number of carbonyl (C=O) groups is 1. The summed E-state index contributed by atoms with van der Waals surface area (Å²) in [7, 11) is 0. The summed E-state index contributed by atoms with van der Waals surface area (Å²) in [6, 6.07) is 11.0. The van der Waals surface area contributed by atoms with Gasteiger partial charge >= 0.3 is 0 Å². The molecule has 1 atom stereocenters. The van der Waals surface area contributed by atoms with Crippen LogP contribution in [0.4, 0.5) is 0 Å². The fourth-order valence-corrected chi connectivity index (χ4v) is 1.83. The first kappa shape index (κ1) is 16.7. The van der Waals surface area contributed by atoms with Gasteiger partial charge in [0.05, 0.1) is 6.61 Å². The summed E-state index contributed by atoms with van der Waals surface area (Å²) >= 11 is 0. The first-order valence-corrected chi connectivity index (χ1v) is 7.38. The normalized spacial score (nSPS) is 12.1. The molecule has 1 heterocycles. The quantitative estimate of drug-likeness (QED) is 0.769. The van der Waals surface area contributed by atoms with Crippen molar-refractivity contribution in [1.29, 1.82) is 0 Å². The number of nitrogens with one attached hydrogen (secondary N) is 1. The number of aromatic nitrogens is 1. The van der Waals surface area contributed by atoms with Crippen LogP contribution in [0.15, 0.2) is 54.9 Å². The second kappa shape index (κ2) is 8.70. The second-order valence-corrected chi connectivity index (χ2v) is 5.14. The third kappa shape index (κ3) is 5.92. The topological polar surface area (TPSA) is 71.5 Å². The predicted octanol–water partition coefficient (Wildman–Crippen LogP) is 2.17. The first-order chi connectivity index (χ1) is 11.2. The zero-order valence-electron chi connectivity index (χ0n) is 13.0. The minimum atomic E-state index is -0.254. The highest BCUT2D eigenvalue weighted by Gasteiger charge is 2.02. The number of aliphatic hydroxyl groups excluding tert-OH is 1. The van der Waals surface area contributed by atoms with Crippen molar-refractivity contribution in [3.8, 4) is 5.75 Å². The standard InChI is InChI=1S/C18H20N2O3/c1-14(12-21)20-18(22)9-6-15-4-7-17(8-5-15)23-13-16-3-2-10-19-11-16/h2-11,14,21H,12-13H2,1H3,(H,20,22)/b9-6+. The molecule has 5 nitrogen and oxygen atoms in total. The van der Waals surface area contributed by atoms with E-state index in [1.807, 2.05) is 36.4 Å². The van der Waals surface area contributed by atoms with Gasteiger partial charge in [-0.05, 0) is 36.8 Å². The SMILES string of the molecule is CC(CO)NC(=O)/C=C/c1ccc(OCc2cccnc2)cc1. The number of pyridine rings is 1. The molecule has 1 amide bonds. The molecule has 1 unspecified atom stereocenters. The molecule has 1 aromatic carbocycles. The minimum Gasteiger partial charge on any atom is -0.489 e. The van der Waals surface area contributed by atoms with Gasteiger partial charge in [-0.2, -0.15) is 0 Å². The molecule has 2 rings (SSSR count). The van der Waals surface area contributed by atoms with E-state index in [-0.39, 0.29) is 18.6 Å². The highest BCUT2D eigenvalue weighted by atomic mass is 16.5. The Bertz CT molecular complexity index is 639. The van der Waals surface area contributed by atoms with Crippen molar-refractivity contribution in [2.24, 2.45) is 0 Å². The predicted molar refractivity (Wildman–Crippen MR) is 88.7 cm³/mol. The van der Waals surface area contributed by atoms with E-state index in [2.05, 4.69) is 10.3 Å². The molecule has 2 N–H and O–H groups in total. The molecular weight excluding hydrogens is 292 g/mol. The Hall–Kier alpha value is -2.66. The number of hydrogen-bond acceptors (Lipinski definition) is 4. The molecule has 0 radical (unpaired) electrons. The van der Waals surface area contributed by atoms with Crippen LogP contribution in [-0.2, 0) is 11.4 Å². The molecular formula is C18H20N2O3. The van der Waals surface area contributed by atoms with E-state index in [1.165, 1.54) is 6.08 Å². The Labute approximate surface area is 135 Å².